The maximum Gasteiger partial charge on any atom is 0.0372 e. The lowest BCUT2D eigenvalue weighted by Gasteiger charge is -2.42. The number of piperazine rings is 1. The molecule has 1 aliphatic carbocycles. The highest BCUT2D eigenvalue weighted by Gasteiger charge is 2.26. The summed E-state index contributed by atoms with van der Waals surface area (Å²) in [5, 5.41) is 3.86. The molecule has 0 saturated carbocycles. The fourth-order valence-electron chi connectivity index (χ4n) is 5.78. The van der Waals surface area contributed by atoms with Gasteiger partial charge in [0, 0.05) is 69.6 Å². The number of hydrogen-bond donors (Lipinski definition) is 1. The second-order valence-electron chi connectivity index (χ2n) is 11.3. The van der Waals surface area contributed by atoms with Crippen molar-refractivity contribution in [1.82, 2.24) is 15.1 Å². The van der Waals surface area contributed by atoms with Crippen LogP contribution in [0.3, 0.4) is 0 Å². The fourth-order valence-corrected chi connectivity index (χ4v) is 5.78. The number of allylic oxidation sites excluding steroid dienone is 1. The number of benzene rings is 2. The van der Waals surface area contributed by atoms with E-state index in [-0.39, 0.29) is 0 Å². The summed E-state index contributed by atoms with van der Waals surface area (Å²) in [4.78, 5) is 7.83. The molecule has 0 amide bonds. The number of rotatable bonds is 6. The minimum Gasteiger partial charge on any atom is -0.371 e. The van der Waals surface area contributed by atoms with E-state index in [1.54, 1.807) is 0 Å². The molecule has 2 aliphatic heterocycles. The highest BCUT2D eigenvalue weighted by Crippen LogP contribution is 2.33. The van der Waals surface area contributed by atoms with Crippen LogP contribution in [0.4, 0.5) is 5.69 Å². The highest BCUT2D eigenvalue weighted by atomic mass is 15.3. The van der Waals surface area contributed by atoms with E-state index < -0.39 is 0 Å². The van der Waals surface area contributed by atoms with Gasteiger partial charge in [0.15, 0.2) is 0 Å². The molecule has 182 valence electrons. The Hall–Kier alpha value is -2.14. The molecular formula is C30H42N4. The Morgan fingerprint density at radius 2 is 1.65 bits per heavy atom. The number of fused-ring (bicyclic) bond motifs is 1. The van der Waals surface area contributed by atoms with Crippen LogP contribution in [0.25, 0.3) is 11.6 Å². The average molecular weight is 459 g/mol. The molecule has 0 atom stereocenters. The molecule has 0 radical (unpaired) electrons. The number of hydrogen-bond acceptors (Lipinski definition) is 4. The second-order valence-corrected chi connectivity index (χ2v) is 11.3. The van der Waals surface area contributed by atoms with Crippen molar-refractivity contribution in [2.45, 2.75) is 51.6 Å². The van der Waals surface area contributed by atoms with Crippen LogP contribution in [-0.2, 0) is 6.42 Å². The van der Waals surface area contributed by atoms with E-state index >= 15 is 0 Å². The molecule has 0 aromatic heterocycles. The molecule has 2 aromatic carbocycles. The molecule has 5 rings (SSSR count). The van der Waals surface area contributed by atoms with Gasteiger partial charge in [0.25, 0.3) is 0 Å². The third-order valence-corrected chi connectivity index (χ3v) is 8.02. The first-order chi connectivity index (χ1) is 16.5. The van der Waals surface area contributed by atoms with E-state index in [2.05, 4.69) is 95.4 Å². The largest absolute Gasteiger partial charge is 0.371 e. The molecular weight excluding hydrogens is 416 g/mol. The summed E-state index contributed by atoms with van der Waals surface area (Å²) < 4.78 is 0. The highest BCUT2D eigenvalue weighted by molar-refractivity contribution is 5.89. The maximum atomic E-state index is 3.86. The number of nitrogens with one attached hydrogen (secondary N) is 1. The van der Waals surface area contributed by atoms with Gasteiger partial charge in [-0.3, -0.25) is 9.80 Å². The van der Waals surface area contributed by atoms with E-state index in [0.717, 1.165) is 26.1 Å². The van der Waals surface area contributed by atoms with Gasteiger partial charge in [-0.05, 0) is 74.4 Å². The standard InChI is InChI=1S/C30H42N4/c1-30(2,3)34-19-17-32(18-20-34)16-13-31-28-11-14-33(15-12-28)29-10-6-9-26(23-29)27-21-24-7-4-5-8-25(24)22-27/h4-10,21,23,28,31H,11-20,22H2,1-3H3. The van der Waals surface area contributed by atoms with Gasteiger partial charge >= 0.3 is 0 Å². The van der Waals surface area contributed by atoms with Gasteiger partial charge in [0.05, 0.1) is 0 Å². The number of piperidine rings is 1. The third kappa shape index (κ3) is 5.56. The summed E-state index contributed by atoms with van der Waals surface area (Å²) in [6.45, 7) is 16.4. The predicted molar refractivity (Wildman–Crippen MR) is 145 cm³/mol. The number of nitrogens with zero attached hydrogens (tertiary/aromatic N) is 3. The molecule has 3 aliphatic rings. The van der Waals surface area contributed by atoms with E-state index in [4.69, 9.17) is 0 Å². The summed E-state index contributed by atoms with van der Waals surface area (Å²) in [7, 11) is 0. The van der Waals surface area contributed by atoms with Gasteiger partial charge in [-0.2, -0.15) is 0 Å². The SMILES string of the molecule is CC(C)(C)N1CCN(CCNC2CCN(c3cccc(C4=Cc5ccccc5C4)c3)CC2)CC1. The zero-order valence-electron chi connectivity index (χ0n) is 21.4. The van der Waals surface area contributed by atoms with E-state index in [1.165, 1.54) is 73.5 Å². The Kier molecular flexibility index (Phi) is 7.10. The Bertz CT molecular complexity index is 989. The average Bonchev–Trinajstić information content (AvgIpc) is 3.29. The van der Waals surface area contributed by atoms with Crippen molar-refractivity contribution in [2.75, 3.05) is 57.3 Å². The van der Waals surface area contributed by atoms with Crippen LogP contribution >= 0.6 is 0 Å². The lowest BCUT2D eigenvalue weighted by Crippen LogP contribution is -2.54. The van der Waals surface area contributed by atoms with Crippen LogP contribution < -0.4 is 10.2 Å². The van der Waals surface area contributed by atoms with Crippen molar-refractivity contribution in [3.8, 4) is 0 Å². The Balaban J connectivity index is 1.06. The molecule has 4 heteroatoms. The fraction of sp³-hybridized carbons (Fsp3) is 0.533. The van der Waals surface area contributed by atoms with Crippen LogP contribution in [0.15, 0.2) is 48.5 Å². The zero-order valence-corrected chi connectivity index (χ0v) is 21.4. The van der Waals surface area contributed by atoms with Gasteiger partial charge in [0.2, 0.25) is 0 Å². The Morgan fingerprint density at radius 1 is 0.882 bits per heavy atom. The summed E-state index contributed by atoms with van der Waals surface area (Å²) >= 11 is 0. The van der Waals surface area contributed by atoms with Crippen molar-refractivity contribution < 1.29 is 0 Å². The van der Waals surface area contributed by atoms with Crippen molar-refractivity contribution in [2.24, 2.45) is 0 Å². The minimum atomic E-state index is 0.302. The molecule has 2 aromatic rings. The molecule has 1 N–H and O–H groups in total. The first-order valence-electron chi connectivity index (χ1n) is 13.3. The van der Waals surface area contributed by atoms with Gasteiger partial charge < -0.3 is 10.2 Å². The van der Waals surface area contributed by atoms with Crippen LogP contribution in [-0.4, -0.2) is 73.7 Å². The van der Waals surface area contributed by atoms with E-state index in [9.17, 15) is 0 Å². The normalized spacial score (nSPS) is 20.4. The summed E-state index contributed by atoms with van der Waals surface area (Å²) in [6.07, 6.45) is 5.89. The monoisotopic (exact) mass is 458 g/mol. The molecule has 2 saturated heterocycles. The van der Waals surface area contributed by atoms with Gasteiger partial charge in [-0.25, -0.2) is 0 Å². The molecule has 0 bridgehead atoms. The lowest BCUT2D eigenvalue weighted by molar-refractivity contribution is 0.0624. The molecule has 0 spiro atoms. The topological polar surface area (TPSA) is 21.8 Å². The quantitative estimate of drug-likeness (QED) is 0.674. The molecule has 0 unspecified atom stereocenters. The smallest absolute Gasteiger partial charge is 0.0372 e. The van der Waals surface area contributed by atoms with Crippen LogP contribution in [0.2, 0.25) is 0 Å². The summed E-state index contributed by atoms with van der Waals surface area (Å²) in [6, 6.07) is 18.6. The second kappa shape index (κ2) is 10.2. The minimum absolute atomic E-state index is 0.302. The first kappa shape index (κ1) is 23.6. The van der Waals surface area contributed by atoms with Crippen LogP contribution in [0.5, 0.6) is 0 Å². The van der Waals surface area contributed by atoms with E-state index in [1.807, 2.05) is 0 Å². The van der Waals surface area contributed by atoms with Crippen molar-refractivity contribution in [3.05, 3.63) is 65.2 Å². The third-order valence-electron chi connectivity index (χ3n) is 8.02. The van der Waals surface area contributed by atoms with Gasteiger partial charge in [0.1, 0.15) is 0 Å². The number of anilines is 1. The van der Waals surface area contributed by atoms with Gasteiger partial charge in [-0.1, -0.05) is 42.5 Å². The Morgan fingerprint density at radius 3 is 2.38 bits per heavy atom. The maximum absolute atomic E-state index is 3.86. The van der Waals surface area contributed by atoms with Gasteiger partial charge in [-0.15, -0.1) is 0 Å². The molecule has 4 nitrogen and oxygen atoms in total. The van der Waals surface area contributed by atoms with Crippen molar-refractivity contribution in [3.63, 3.8) is 0 Å². The zero-order chi connectivity index (χ0) is 23.5. The first-order valence-corrected chi connectivity index (χ1v) is 13.3. The molecule has 2 heterocycles. The van der Waals surface area contributed by atoms with Crippen LogP contribution in [0, 0.1) is 0 Å². The van der Waals surface area contributed by atoms with Crippen molar-refractivity contribution >= 4 is 17.3 Å². The lowest BCUT2D eigenvalue weighted by atomic mass is 10.0. The predicted octanol–water partition coefficient (Wildman–Crippen LogP) is 4.76. The molecule has 34 heavy (non-hydrogen) atoms. The summed E-state index contributed by atoms with van der Waals surface area (Å²) in [5.41, 5.74) is 7.33. The van der Waals surface area contributed by atoms with Crippen LogP contribution in [0.1, 0.15) is 50.3 Å². The summed E-state index contributed by atoms with van der Waals surface area (Å²) in [5.74, 6) is 0. The van der Waals surface area contributed by atoms with E-state index in [0.29, 0.717) is 11.6 Å². The van der Waals surface area contributed by atoms with Crippen molar-refractivity contribution in [1.29, 1.82) is 0 Å². The Labute approximate surface area is 206 Å². The molecule has 2 fully saturated rings.